The molecule has 1 aliphatic heterocycles. The van der Waals surface area contributed by atoms with Gasteiger partial charge >= 0.3 is 5.97 Å². The molecule has 4 nitrogen and oxygen atoms in total. The minimum absolute atomic E-state index is 0.211. The van der Waals surface area contributed by atoms with Gasteiger partial charge in [0.2, 0.25) is 0 Å². The van der Waals surface area contributed by atoms with E-state index in [-0.39, 0.29) is 11.7 Å². The third-order valence-corrected chi connectivity index (χ3v) is 7.00. The molecule has 1 heterocycles. The predicted molar refractivity (Wildman–Crippen MR) is 138 cm³/mol. The van der Waals surface area contributed by atoms with Crippen molar-refractivity contribution in [2.24, 2.45) is 0 Å². The van der Waals surface area contributed by atoms with E-state index >= 15 is 4.39 Å². The van der Waals surface area contributed by atoms with Crippen molar-refractivity contribution in [1.82, 2.24) is 0 Å². The van der Waals surface area contributed by atoms with E-state index in [1.54, 1.807) is 19.3 Å². The Kier molecular flexibility index (Phi) is 6.97. The predicted octanol–water partition coefficient (Wildman–Crippen LogP) is 6.47. The molecular formula is C30H32FNO3. The first-order valence-corrected chi connectivity index (χ1v) is 11.9. The third-order valence-electron chi connectivity index (χ3n) is 7.00. The van der Waals surface area contributed by atoms with E-state index in [9.17, 15) is 4.79 Å². The van der Waals surface area contributed by atoms with Crippen LogP contribution < -0.4 is 9.64 Å². The van der Waals surface area contributed by atoms with Gasteiger partial charge in [-0.3, -0.25) is 0 Å². The first kappa shape index (κ1) is 24.5. The summed E-state index contributed by atoms with van der Waals surface area (Å²) in [5.41, 5.74) is 5.19. The third kappa shape index (κ3) is 4.68. The molecular weight excluding hydrogens is 441 g/mol. The zero-order valence-corrected chi connectivity index (χ0v) is 21.0. The summed E-state index contributed by atoms with van der Waals surface area (Å²) >= 11 is 0. The van der Waals surface area contributed by atoms with Crippen LogP contribution in [-0.4, -0.2) is 26.7 Å². The Morgan fingerprint density at radius 1 is 1.06 bits per heavy atom. The van der Waals surface area contributed by atoms with E-state index in [1.807, 2.05) is 42.5 Å². The highest BCUT2D eigenvalue weighted by molar-refractivity contribution is 5.86. The van der Waals surface area contributed by atoms with Crippen LogP contribution in [0.5, 0.6) is 5.75 Å². The lowest BCUT2D eigenvalue weighted by molar-refractivity contribution is -0.134. The van der Waals surface area contributed by atoms with Crippen LogP contribution in [0.15, 0.2) is 66.7 Å². The summed E-state index contributed by atoms with van der Waals surface area (Å²) in [6.45, 7) is 6.95. The number of carbonyl (C=O) groups is 1. The highest BCUT2D eigenvalue weighted by Gasteiger charge is 2.41. The van der Waals surface area contributed by atoms with Crippen LogP contribution >= 0.6 is 0 Å². The zero-order chi connectivity index (χ0) is 25.2. The Morgan fingerprint density at radius 2 is 1.80 bits per heavy atom. The van der Waals surface area contributed by atoms with Gasteiger partial charge in [0.25, 0.3) is 0 Å². The SMILES string of the molecule is COC(=O)C=Cc1ccc(C2(C)c3ccc(OC)cc3CCN2c2ccc(C(C)C)cc2F)cc1. The van der Waals surface area contributed by atoms with Gasteiger partial charge in [0.15, 0.2) is 0 Å². The highest BCUT2D eigenvalue weighted by Crippen LogP contribution is 2.45. The fourth-order valence-corrected chi connectivity index (χ4v) is 4.90. The monoisotopic (exact) mass is 473 g/mol. The van der Waals surface area contributed by atoms with Crippen molar-refractivity contribution in [3.8, 4) is 5.75 Å². The van der Waals surface area contributed by atoms with Crippen LogP contribution in [0.4, 0.5) is 10.1 Å². The maximum absolute atomic E-state index is 15.5. The minimum atomic E-state index is -0.607. The zero-order valence-electron chi connectivity index (χ0n) is 21.0. The molecule has 3 aromatic rings. The summed E-state index contributed by atoms with van der Waals surface area (Å²) in [6, 6.07) is 19.7. The maximum Gasteiger partial charge on any atom is 0.330 e. The molecule has 0 spiro atoms. The molecule has 0 bridgehead atoms. The number of rotatable bonds is 6. The number of ether oxygens (including phenoxy) is 2. The Balaban J connectivity index is 1.83. The Labute approximate surface area is 207 Å². The molecule has 0 fully saturated rings. The number of methoxy groups -OCH3 is 2. The topological polar surface area (TPSA) is 38.8 Å². The average Bonchev–Trinajstić information content (AvgIpc) is 2.87. The first-order valence-electron chi connectivity index (χ1n) is 11.9. The summed E-state index contributed by atoms with van der Waals surface area (Å²) in [7, 11) is 3.02. The minimum Gasteiger partial charge on any atom is -0.497 e. The van der Waals surface area contributed by atoms with Crippen molar-refractivity contribution in [2.45, 2.75) is 38.6 Å². The van der Waals surface area contributed by atoms with E-state index in [0.29, 0.717) is 12.2 Å². The molecule has 0 saturated carbocycles. The number of carbonyl (C=O) groups excluding carboxylic acids is 1. The van der Waals surface area contributed by atoms with Gasteiger partial charge in [-0.15, -0.1) is 0 Å². The van der Waals surface area contributed by atoms with Crippen LogP contribution in [0.2, 0.25) is 0 Å². The molecule has 1 unspecified atom stereocenters. The summed E-state index contributed by atoms with van der Waals surface area (Å²) in [5.74, 6) is 0.458. The summed E-state index contributed by atoms with van der Waals surface area (Å²) in [4.78, 5) is 13.6. The number of hydrogen-bond donors (Lipinski definition) is 0. The van der Waals surface area contributed by atoms with Gasteiger partial charge in [0.05, 0.1) is 25.4 Å². The molecule has 0 N–H and O–H groups in total. The smallest absolute Gasteiger partial charge is 0.330 e. The lowest BCUT2D eigenvalue weighted by atomic mass is 9.76. The van der Waals surface area contributed by atoms with E-state index in [2.05, 4.69) is 42.5 Å². The van der Waals surface area contributed by atoms with Gasteiger partial charge in [-0.1, -0.05) is 50.2 Å². The molecule has 4 rings (SSSR count). The van der Waals surface area contributed by atoms with Gasteiger partial charge < -0.3 is 14.4 Å². The lowest BCUT2D eigenvalue weighted by Gasteiger charge is -2.48. The van der Waals surface area contributed by atoms with Crippen LogP contribution in [0.3, 0.4) is 0 Å². The molecule has 1 atom stereocenters. The Hall–Kier alpha value is -3.60. The molecule has 3 aromatic carbocycles. The number of fused-ring (bicyclic) bond motifs is 1. The Morgan fingerprint density at radius 3 is 2.43 bits per heavy atom. The standard InChI is InChI=1S/C30H32FNO3/c1-20(2)22-9-14-28(27(31)19-22)32-17-16-23-18-25(34-4)12-13-26(23)30(32,3)24-10-6-21(7-11-24)8-15-29(33)35-5/h6-15,18-20H,16-17H2,1-5H3. The first-order chi connectivity index (χ1) is 16.8. The van der Waals surface area contributed by atoms with E-state index < -0.39 is 11.5 Å². The van der Waals surface area contributed by atoms with E-state index in [0.717, 1.165) is 34.4 Å². The molecule has 1 aliphatic rings. The summed E-state index contributed by atoms with van der Waals surface area (Å²) < 4.78 is 25.7. The fourth-order valence-electron chi connectivity index (χ4n) is 4.90. The van der Waals surface area contributed by atoms with Gasteiger partial charge in [-0.25, -0.2) is 9.18 Å². The van der Waals surface area contributed by atoms with Gasteiger partial charge in [-0.2, -0.15) is 0 Å². The second-order valence-electron chi connectivity index (χ2n) is 9.34. The van der Waals surface area contributed by atoms with Crippen molar-refractivity contribution in [1.29, 1.82) is 0 Å². The van der Waals surface area contributed by atoms with Gasteiger partial charge in [0.1, 0.15) is 11.6 Å². The Bertz CT molecular complexity index is 1250. The van der Waals surface area contributed by atoms with Crippen molar-refractivity contribution < 1.29 is 18.7 Å². The van der Waals surface area contributed by atoms with Crippen molar-refractivity contribution in [2.75, 3.05) is 25.7 Å². The van der Waals surface area contributed by atoms with Crippen LogP contribution in [0.25, 0.3) is 6.08 Å². The second kappa shape index (κ2) is 9.95. The molecule has 5 heteroatoms. The quantitative estimate of drug-likeness (QED) is 0.304. The average molecular weight is 474 g/mol. The van der Waals surface area contributed by atoms with E-state index in [4.69, 9.17) is 4.74 Å². The second-order valence-corrected chi connectivity index (χ2v) is 9.34. The van der Waals surface area contributed by atoms with Crippen LogP contribution in [0.1, 0.15) is 54.5 Å². The largest absolute Gasteiger partial charge is 0.497 e. The molecule has 0 aliphatic carbocycles. The van der Waals surface area contributed by atoms with Crippen LogP contribution in [-0.2, 0) is 21.5 Å². The fraction of sp³-hybridized carbons (Fsp3) is 0.300. The lowest BCUT2D eigenvalue weighted by Crippen LogP contribution is -2.50. The van der Waals surface area contributed by atoms with Crippen molar-refractivity contribution in [3.63, 3.8) is 0 Å². The number of nitrogens with zero attached hydrogens (tertiary/aromatic N) is 1. The number of halogens is 1. The number of anilines is 1. The summed E-state index contributed by atoms with van der Waals surface area (Å²) in [6.07, 6.45) is 3.91. The molecule has 0 saturated heterocycles. The molecule has 0 aromatic heterocycles. The van der Waals surface area contributed by atoms with Gasteiger partial charge in [0, 0.05) is 12.6 Å². The molecule has 0 radical (unpaired) electrons. The number of hydrogen-bond acceptors (Lipinski definition) is 4. The highest BCUT2D eigenvalue weighted by atomic mass is 19.1. The summed E-state index contributed by atoms with van der Waals surface area (Å²) in [5, 5.41) is 0. The van der Waals surface area contributed by atoms with E-state index in [1.165, 1.54) is 18.7 Å². The number of benzene rings is 3. The number of esters is 1. The van der Waals surface area contributed by atoms with Crippen molar-refractivity contribution in [3.05, 3.63) is 100 Å². The molecule has 0 amide bonds. The van der Waals surface area contributed by atoms with Crippen LogP contribution in [0, 0.1) is 5.82 Å². The molecule has 35 heavy (non-hydrogen) atoms. The normalized spacial score (nSPS) is 17.5. The maximum atomic E-state index is 15.5. The van der Waals surface area contributed by atoms with Crippen molar-refractivity contribution >= 4 is 17.7 Å². The molecule has 182 valence electrons. The van der Waals surface area contributed by atoms with Gasteiger partial charge in [-0.05, 0) is 77.4 Å².